The molecular weight excluding hydrogens is 624 g/mol. The molecule has 7 nitrogen and oxygen atoms in total. The highest BCUT2D eigenvalue weighted by Gasteiger charge is 2.40. The van der Waals surface area contributed by atoms with Crippen LogP contribution in [0.2, 0.25) is 18.1 Å². The molecule has 48 heavy (non-hydrogen) atoms. The van der Waals surface area contributed by atoms with Crippen LogP contribution in [-0.2, 0) is 20.6 Å². The van der Waals surface area contributed by atoms with Crippen molar-refractivity contribution in [3.05, 3.63) is 102 Å². The lowest BCUT2D eigenvalue weighted by molar-refractivity contribution is -0.140. The number of aliphatic carboxylic acids is 1. The number of rotatable bonds is 14. The number of ketones is 1. The number of nitrogens with zero attached hydrogens (tertiary/aromatic N) is 1. The molecule has 0 aliphatic heterocycles. The molecule has 4 aromatic rings. The van der Waals surface area contributed by atoms with Crippen LogP contribution in [0, 0.1) is 5.82 Å². The predicted octanol–water partition coefficient (Wildman–Crippen LogP) is 9.55. The molecule has 0 fully saturated rings. The van der Waals surface area contributed by atoms with E-state index in [1.165, 1.54) is 12.1 Å². The maximum absolute atomic E-state index is 14.4. The van der Waals surface area contributed by atoms with Crippen molar-refractivity contribution in [2.75, 3.05) is 5.32 Å². The lowest BCUT2D eigenvalue weighted by Crippen LogP contribution is -2.44. The van der Waals surface area contributed by atoms with Gasteiger partial charge in [-0.1, -0.05) is 83.1 Å². The van der Waals surface area contributed by atoms with Gasteiger partial charge < -0.3 is 19.4 Å². The van der Waals surface area contributed by atoms with Crippen molar-refractivity contribution in [1.29, 1.82) is 0 Å². The molecule has 0 saturated heterocycles. The SMILES string of the molecule is CC(C)c1c(C(=O)Nc2ccccc2)c(-c2ccccc2)c(-c2ccc(F)cc2)n1CCC(CC(=O)CC(=O)O)O[Si](C)(C)C(C)(C)C. The number of hydrogen-bond donors (Lipinski definition) is 2. The van der Waals surface area contributed by atoms with Crippen LogP contribution in [0.4, 0.5) is 10.1 Å². The number of amides is 1. The highest BCUT2D eigenvalue weighted by atomic mass is 28.4. The van der Waals surface area contributed by atoms with Crippen molar-refractivity contribution in [2.24, 2.45) is 0 Å². The van der Waals surface area contributed by atoms with Crippen LogP contribution >= 0.6 is 0 Å². The second kappa shape index (κ2) is 15.3. The number of carbonyl (C=O) groups excluding carboxylic acids is 2. The molecule has 4 rings (SSSR count). The van der Waals surface area contributed by atoms with Gasteiger partial charge >= 0.3 is 5.97 Å². The third kappa shape index (κ3) is 8.76. The number of benzene rings is 3. The van der Waals surface area contributed by atoms with Gasteiger partial charge in [0.25, 0.3) is 5.91 Å². The predicted molar refractivity (Wildman–Crippen MR) is 192 cm³/mol. The van der Waals surface area contributed by atoms with Gasteiger partial charge in [0.05, 0.1) is 17.4 Å². The van der Waals surface area contributed by atoms with E-state index in [9.17, 15) is 23.9 Å². The van der Waals surface area contributed by atoms with Crippen LogP contribution in [0.1, 0.15) is 75.9 Å². The maximum atomic E-state index is 14.4. The Labute approximate surface area is 284 Å². The number of carboxylic acid groups (broad SMARTS) is 1. The van der Waals surface area contributed by atoms with Crippen molar-refractivity contribution < 1.29 is 28.3 Å². The summed E-state index contributed by atoms with van der Waals surface area (Å²) in [5, 5.41) is 12.3. The van der Waals surface area contributed by atoms with Crippen LogP contribution in [0.3, 0.4) is 0 Å². The van der Waals surface area contributed by atoms with E-state index in [0.717, 1.165) is 28.1 Å². The monoisotopic (exact) mass is 670 g/mol. The number of para-hydroxylation sites is 1. The fourth-order valence-corrected chi connectivity index (χ4v) is 7.16. The van der Waals surface area contributed by atoms with Crippen LogP contribution in [0.25, 0.3) is 22.4 Å². The molecule has 0 aliphatic carbocycles. The summed E-state index contributed by atoms with van der Waals surface area (Å²) in [5.41, 5.74) is 5.02. The van der Waals surface area contributed by atoms with E-state index in [1.54, 1.807) is 12.1 Å². The first-order valence-corrected chi connectivity index (χ1v) is 19.3. The number of carbonyl (C=O) groups is 3. The second-order valence-electron chi connectivity index (χ2n) is 14.1. The van der Waals surface area contributed by atoms with E-state index in [1.807, 2.05) is 74.5 Å². The Kier molecular flexibility index (Phi) is 11.6. The third-order valence-electron chi connectivity index (χ3n) is 9.04. The Morgan fingerprint density at radius 2 is 1.48 bits per heavy atom. The zero-order valence-electron chi connectivity index (χ0n) is 29.0. The normalized spacial score (nSPS) is 12.6. The molecule has 0 bridgehead atoms. The van der Waals surface area contributed by atoms with E-state index in [0.29, 0.717) is 24.2 Å². The Bertz CT molecular complexity index is 1730. The summed E-state index contributed by atoms with van der Waals surface area (Å²) in [4.78, 5) is 38.6. The van der Waals surface area contributed by atoms with Crippen LogP contribution in [0.15, 0.2) is 84.9 Å². The van der Waals surface area contributed by atoms with Crippen molar-refractivity contribution in [3.8, 4) is 22.4 Å². The van der Waals surface area contributed by atoms with Crippen LogP contribution in [-0.4, -0.2) is 41.8 Å². The minimum Gasteiger partial charge on any atom is -0.481 e. The first-order chi connectivity index (χ1) is 22.6. The van der Waals surface area contributed by atoms with E-state index >= 15 is 0 Å². The Balaban J connectivity index is 1.93. The van der Waals surface area contributed by atoms with Crippen molar-refractivity contribution in [2.45, 2.75) is 90.6 Å². The molecule has 1 aromatic heterocycles. The first-order valence-electron chi connectivity index (χ1n) is 16.4. The second-order valence-corrected chi connectivity index (χ2v) is 18.8. The van der Waals surface area contributed by atoms with E-state index in [-0.39, 0.29) is 29.1 Å². The topological polar surface area (TPSA) is 97.6 Å². The number of carboxylic acids is 1. The molecule has 1 heterocycles. The maximum Gasteiger partial charge on any atom is 0.310 e. The number of Topliss-reactive ketones (excluding diaryl/α,β-unsaturated/α-hetero) is 1. The van der Waals surface area contributed by atoms with Gasteiger partial charge in [0.1, 0.15) is 18.0 Å². The Morgan fingerprint density at radius 3 is 2.02 bits per heavy atom. The highest BCUT2D eigenvalue weighted by molar-refractivity contribution is 6.74. The quantitative estimate of drug-likeness (QED) is 0.103. The van der Waals surface area contributed by atoms with E-state index < -0.39 is 32.6 Å². The lowest BCUT2D eigenvalue weighted by atomic mass is 9.94. The van der Waals surface area contributed by atoms with Crippen molar-refractivity contribution in [3.63, 3.8) is 0 Å². The average molecular weight is 671 g/mol. The van der Waals surface area contributed by atoms with Crippen LogP contribution in [0.5, 0.6) is 0 Å². The van der Waals surface area contributed by atoms with E-state index in [4.69, 9.17) is 4.43 Å². The summed E-state index contributed by atoms with van der Waals surface area (Å²) in [5.74, 6) is -2.31. The zero-order valence-corrected chi connectivity index (χ0v) is 30.0. The Morgan fingerprint density at radius 1 is 0.896 bits per heavy atom. The number of hydrogen-bond acceptors (Lipinski definition) is 4. The number of anilines is 1. The lowest BCUT2D eigenvalue weighted by Gasteiger charge is -2.39. The smallest absolute Gasteiger partial charge is 0.310 e. The first kappa shape index (κ1) is 36.5. The van der Waals surface area contributed by atoms with Gasteiger partial charge in [-0.3, -0.25) is 14.4 Å². The molecule has 1 unspecified atom stereocenters. The molecule has 0 spiro atoms. The molecule has 9 heteroatoms. The van der Waals surface area contributed by atoms with Gasteiger partial charge in [0.2, 0.25) is 0 Å². The highest BCUT2D eigenvalue weighted by Crippen LogP contribution is 2.43. The minimum absolute atomic E-state index is 0.0319. The number of aromatic nitrogens is 1. The summed E-state index contributed by atoms with van der Waals surface area (Å²) in [6, 6.07) is 25.2. The van der Waals surface area contributed by atoms with E-state index in [2.05, 4.69) is 43.7 Å². The Hall–Kier alpha value is -4.34. The molecule has 3 aromatic carbocycles. The molecule has 254 valence electrons. The van der Waals surface area contributed by atoms with Gasteiger partial charge in [-0.25, -0.2) is 4.39 Å². The third-order valence-corrected chi connectivity index (χ3v) is 13.6. The summed E-state index contributed by atoms with van der Waals surface area (Å²) >= 11 is 0. The zero-order chi connectivity index (χ0) is 35.2. The van der Waals surface area contributed by atoms with Gasteiger partial charge in [-0.05, 0) is 78.0 Å². The van der Waals surface area contributed by atoms with Gasteiger partial charge in [-0.2, -0.15) is 0 Å². The average Bonchev–Trinajstić information content (AvgIpc) is 3.35. The van der Waals surface area contributed by atoms with Gasteiger partial charge in [-0.15, -0.1) is 0 Å². The molecule has 1 atom stereocenters. The van der Waals surface area contributed by atoms with Crippen molar-refractivity contribution >= 4 is 31.7 Å². The number of halogens is 1. The fraction of sp³-hybridized carbons (Fsp3) is 0.359. The fourth-order valence-electron chi connectivity index (χ4n) is 5.77. The number of nitrogens with one attached hydrogen (secondary N) is 1. The summed E-state index contributed by atoms with van der Waals surface area (Å²) in [7, 11) is -2.37. The molecule has 0 radical (unpaired) electrons. The summed E-state index contributed by atoms with van der Waals surface area (Å²) in [6.07, 6.45) is -0.742. The molecule has 0 saturated carbocycles. The standard InChI is InChI=1S/C39H47FN2O5Si/c1-26(2)36-35(38(46)41-30-16-12-9-13-17-30)34(27-14-10-8-11-15-27)37(28-18-20-29(40)21-19-28)42(36)23-22-32(24-31(43)25-33(44)45)47-48(6,7)39(3,4)5/h8-21,26,32H,22-25H2,1-7H3,(H,41,46)(H,44,45). The molecule has 1 amide bonds. The largest absolute Gasteiger partial charge is 0.481 e. The minimum atomic E-state index is -2.37. The van der Waals surface area contributed by atoms with Crippen LogP contribution < -0.4 is 5.32 Å². The molecule has 0 aliphatic rings. The summed E-state index contributed by atoms with van der Waals surface area (Å²) < 4.78 is 23.2. The molecule has 2 N–H and O–H groups in total. The van der Waals surface area contributed by atoms with Gasteiger partial charge in [0, 0.05) is 29.9 Å². The molecular formula is C39H47FN2O5Si. The van der Waals surface area contributed by atoms with Crippen molar-refractivity contribution in [1.82, 2.24) is 4.57 Å². The van der Waals surface area contributed by atoms with Gasteiger partial charge in [0.15, 0.2) is 8.32 Å². The summed E-state index contributed by atoms with van der Waals surface area (Å²) in [6.45, 7) is 15.0.